The lowest BCUT2D eigenvalue weighted by Crippen LogP contribution is -2.53. The average molecular weight is 710 g/mol. The molecule has 4 amide bonds. The van der Waals surface area contributed by atoms with E-state index in [2.05, 4.69) is 5.43 Å². The molecule has 1 saturated carbocycles. The van der Waals surface area contributed by atoms with Gasteiger partial charge in [-0.3, -0.25) is 34.3 Å². The Morgan fingerprint density at radius 2 is 1.58 bits per heavy atom. The number of phenolic OH excluding ortho intramolecular Hbond substituents is 1. The lowest BCUT2D eigenvalue weighted by atomic mass is 9.49. The molecule has 2 heterocycles. The van der Waals surface area contributed by atoms with Crippen molar-refractivity contribution in [1.82, 2.24) is 5.01 Å². The minimum absolute atomic E-state index is 0.122. The largest absolute Gasteiger partial charge is 0.504 e. The number of aromatic hydroxyl groups is 1. The van der Waals surface area contributed by atoms with Crippen molar-refractivity contribution in [3.05, 3.63) is 131 Å². The van der Waals surface area contributed by atoms with E-state index in [-0.39, 0.29) is 42.6 Å². The first kappa shape index (κ1) is 34.1. The van der Waals surface area contributed by atoms with Crippen molar-refractivity contribution in [2.24, 2.45) is 23.7 Å². The molecule has 0 spiro atoms. The maximum absolute atomic E-state index is 15.3. The zero-order chi connectivity index (χ0) is 37.2. The maximum Gasteiger partial charge on any atom is 0.260 e. The number of benzene rings is 4. The third-order valence-corrected chi connectivity index (χ3v) is 11.6. The number of allylic oxidation sites excluding steroid dienone is 2. The number of fused-ring (bicyclic) bond motifs is 4. The number of hydrazine groups is 1. The summed E-state index contributed by atoms with van der Waals surface area (Å²) in [4.78, 5) is 72.0. The third-order valence-electron chi connectivity index (χ3n) is 11.6. The molecule has 53 heavy (non-hydrogen) atoms. The van der Waals surface area contributed by atoms with Gasteiger partial charge < -0.3 is 9.84 Å². The summed E-state index contributed by atoms with van der Waals surface area (Å²) >= 11 is 0. The first-order chi connectivity index (χ1) is 25.6. The van der Waals surface area contributed by atoms with Crippen LogP contribution in [0.4, 0.5) is 11.4 Å². The van der Waals surface area contributed by atoms with Crippen LogP contribution in [0.3, 0.4) is 0 Å². The predicted molar refractivity (Wildman–Crippen MR) is 197 cm³/mol. The number of hydrogen-bond acceptors (Lipinski definition) is 8. The van der Waals surface area contributed by atoms with Gasteiger partial charge in [0, 0.05) is 17.0 Å². The molecule has 0 aromatic heterocycles. The van der Waals surface area contributed by atoms with Gasteiger partial charge in [0.2, 0.25) is 11.8 Å². The summed E-state index contributed by atoms with van der Waals surface area (Å²) in [5, 5.41) is 13.0. The van der Waals surface area contributed by atoms with E-state index in [0.29, 0.717) is 28.1 Å². The van der Waals surface area contributed by atoms with Crippen molar-refractivity contribution in [1.29, 1.82) is 0 Å². The Bertz CT molecular complexity index is 2200. The van der Waals surface area contributed by atoms with Crippen molar-refractivity contribution in [3.63, 3.8) is 0 Å². The Morgan fingerprint density at radius 1 is 0.868 bits per heavy atom. The minimum Gasteiger partial charge on any atom is -0.504 e. The summed E-state index contributed by atoms with van der Waals surface area (Å²) in [7, 11) is 0. The molecule has 3 fully saturated rings. The van der Waals surface area contributed by atoms with Crippen LogP contribution in [-0.4, -0.2) is 46.1 Å². The number of ketones is 1. The topological polar surface area (TPSA) is 133 Å². The molecule has 268 valence electrons. The first-order valence-corrected chi connectivity index (χ1v) is 18.0. The van der Waals surface area contributed by atoms with Crippen LogP contribution >= 0.6 is 0 Å². The van der Waals surface area contributed by atoms with E-state index in [1.807, 2.05) is 62.4 Å². The smallest absolute Gasteiger partial charge is 0.260 e. The van der Waals surface area contributed by atoms with Crippen molar-refractivity contribution in [2.45, 2.75) is 44.9 Å². The highest BCUT2D eigenvalue weighted by molar-refractivity contribution is 6.22. The predicted octanol–water partition coefficient (Wildman–Crippen LogP) is 6.49. The second-order valence-electron chi connectivity index (χ2n) is 14.3. The van der Waals surface area contributed by atoms with E-state index in [9.17, 15) is 24.3 Å². The van der Waals surface area contributed by atoms with E-state index < -0.39 is 52.7 Å². The van der Waals surface area contributed by atoms with Crippen LogP contribution in [0.5, 0.6) is 11.5 Å². The Kier molecular flexibility index (Phi) is 8.28. The summed E-state index contributed by atoms with van der Waals surface area (Å²) in [5.74, 6) is -5.70. The third kappa shape index (κ3) is 5.10. The first-order valence-electron chi connectivity index (χ1n) is 18.0. The number of nitrogens with one attached hydrogen (secondary N) is 1. The van der Waals surface area contributed by atoms with Gasteiger partial charge in [-0.15, -0.1) is 0 Å². The van der Waals surface area contributed by atoms with Crippen LogP contribution in [0.1, 0.15) is 59.7 Å². The van der Waals surface area contributed by atoms with Crippen LogP contribution in [0, 0.1) is 30.6 Å². The summed E-state index contributed by atoms with van der Waals surface area (Å²) in [6.07, 6.45) is 2.30. The highest BCUT2D eigenvalue weighted by Crippen LogP contribution is 2.65. The fourth-order valence-electron chi connectivity index (χ4n) is 9.24. The number of carbonyl (C=O) groups is 5. The van der Waals surface area contributed by atoms with Gasteiger partial charge in [0.15, 0.2) is 17.3 Å². The van der Waals surface area contributed by atoms with Crippen LogP contribution < -0.4 is 15.1 Å². The molecule has 2 saturated heterocycles. The van der Waals surface area contributed by atoms with Crippen molar-refractivity contribution < 1.29 is 33.8 Å². The molecule has 4 aromatic rings. The molecule has 2 aliphatic carbocycles. The number of rotatable bonds is 8. The van der Waals surface area contributed by atoms with Crippen LogP contribution in [0.25, 0.3) is 0 Å². The molecule has 8 rings (SSSR count). The van der Waals surface area contributed by atoms with Gasteiger partial charge >= 0.3 is 0 Å². The number of imide groups is 2. The number of aryl methyl sites for hydroxylation is 1. The molecule has 10 nitrogen and oxygen atoms in total. The molecule has 6 unspecified atom stereocenters. The second-order valence-corrected chi connectivity index (χ2v) is 14.3. The van der Waals surface area contributed by atoms with Gasteiger partial charge in [-0.2, -0.15) is 5.01 Å². The monoisotopic (exact) mass is 709 g/mol. The molecule has 2 aliphatic heterocycles. The highest BCUT2D eigenvalue weighted by atomic mass is 16.5. The van der Waals surface area contributed by atoms with E-state index in [4.69, 9.17) is 4.74 Å². The minimum atomic E-state index is -1.53. The zero-order valence-corrected chi connectivity index (χ0v) is 29.6. The molecule has 10 heteroatoms. The van der Waals surface area contributed by atoms with Crippen LogP contribution in [0.2, 0.25) is 0 Å². The molecule has 6 atom stereocenters. The van der Waals surface area contributed by atoms with Gasteiger partial charge in [0.25, 0.3) is 11.8 Å². The Hall–Kier alpha value is -6.03. The molecular weight excluding hydrogens is 670 g/mol. The number of ether oxygens (including phenoxy) is 1. The number of nitrogens with zero attached hydrogens (tertiary/aromatic N) is 2. The zero-order valence-electron chi connectivity index (χ0n) is 29.6. The lowest BCUT2D eigenvalue weighted by Gasteiger charge is -2.50. The molecule has 0 radical (unpaired) electrons. The van der Waals surface area contributed by atoms with Crippen molar-refractivity contribution >= 4 is 40.8 Å². The Labute approximate surface area is 307 Å². The maximum atomic E-state index is 15.3. The number of amides is 4. The summed E-state index contributed by atoms with van der Waals surface area (Å²) in [6, 6.07) is 28.1. The number of phenols is 1. The Balaban J connectivity index is 1.31. The van der Waals surface area contributed by atoms with Gasteiger partial charge in [-0.05, 0) is 87.6 Å². The molecular formula is C43H39N3O7. The van der Waals surface area contributed by atoms with Crippen molar-refractivity contribution in [2.75, 3.05) is 16.9 Å². The molecule has 0 bridgehead atoms. The SMILES string of the molecule is CCOc1cccc(C2C3=CCC4C(=O)N(c5ccc(C(C)=O)cc5)C(=O)C4C3CC3C(=O)N(Nc4ccc(C)cc4)C(=O)C32c2ccccc2)c1O. The standard InChI is InChI=1S/C43H39N3O7/c1-4-53-35-12-8-11-32(38(35)48)37-30-21-22-31-36(41(51)45(39(31)49)29-19-15-26(16-20-29)25(3)47)33(30)23-34-40(50)46(44-28-17-13-24(2)14-18-28)42(52)43(34,37)27-9-6-5-7-10-27/h5-21,31,33-34,36-37,44,48H,4,22-23H2,1-3H3. The van der Waals surface area contributed by atoms with Gasteiger partial charge in [0.05, 0.1) is 41.2 Å². The Morgan fingerprint density at radius 3 is 2.26 bits per heavy atom. The number of Topliss-reactive ketones (excluding diaryl/α,β-unsaturated/α-hetero) is 1. The summed E-state index contributed by atoms with van der Waals surface area (Å²) < 4.78 is 5.83. The summed E-state index contributed by atoms with van der Waals surface area (Å²) in [5.41, 5.74) is 5.69. The molecule has 2 N–H and O–H groups in total. The van der Waals surface area contributed by atoms with E-state index in [0.717, 1.165) is 16.1 Å². The highest BCUT2D eigenvalue weighted by Gasteiger charge is 2.70. The van der Waals surface area contributed by atoms with E-state index >= 15 is 4.79 Å². The van der Waals surface area contributed by atoms with Gasteiger partial charge in [-0.1, -0.05) is 71.8 Å². The average Bonchev–Trinajstić information content (AvgIpc) is 3.54. The second kappa shape index (κ2) is 12.9. The number of carbonyl (C=O) groups excluding carboxylic acids is 5. The number of hydrogen-bond donors (Lipinski definition) is 2. The fourth-order valence-corrected chi connectivity index (χ4v) is 9.24. The summed E-state index contributed by atoms with van der Waals surface area (Å²) in [6.45, 7) is 5.49. The number of para-hydroxylation sites is 1. The normalized spacial score (nSPS) is 26.2. The van der Waals surface area contributed by atoms with Crippen LogP contribution in [-0.2, 0) is 24.6 Å². The van der Waals surface area contributed by atoms with Crippen LogP contribution in [0.15, 0.2) is 109 Å². The molecule has 4 aliphatic rings. The van der Waals surface area contributed by atoms with Gasteiger partial charge in [0.1, 0.15) is 0 Å². The fraction of sp³-hybridized carbons (Fsp3) is 0.279. The van der Waals surface area contributed by atoms with E-state index in [1.165, 1.54) is 11.8 Å². The van der Waals surface area contributed by atoms with Crippen molar-refractivity contribution in [3.8, 4) is 11.5 Å². The molecule has 4 aromatic carbocycles. The lowest BCUT2D eigenvalue weighted by molar-refractivity contribution is -0.138. The van der Waals surface area contributed by atoms with Gasteiger partial charge in [-0.25, -0.2) is 0 Å². The number of anilines is 2. The quantitative estimate of drug-likeness (QED) is 0.121. The van der Waals surface area contributed by atoms with E-state index in [1.54, 1.807) is 54.6 Å².